The molecule has 0 spiro atoms. The molecule has 0 radical (unpaired) electrons. The second-order valence-corrected chi connectivity index (χ2v) is 8.87. The summed E-state index contributed by atoms with van der Waals surface area (Å²) in [6.45, 7) is 4.44. The number of rotatable bonds is 7. The third-order valence-corrected chi connectivity index (χ3v) is 6.05. The van der Waals surface area contributed by atoms with Gasteiger partial charge < -0.3 is 10.2 Å². The summed E-state index contributed by atoms with van der Waals surface area (Å²) in [4.78, 5) is 28.0. The Balaban J connectivity index is 1.60. The van der Waals surface area contributed by atoms with Gasteiger partial charge >= 0.3 is 0 Å². The molecule has 3 aromatic rings. The monoisotopic (exact) mass is 479 g/mol. The van der Waals surface area contributed by atoms with Gasteiger partial charge in [0.1, 0.15) is 12.3 Å². The van der Waals surface area contributed by atoms with Crippen LogP contribution >= 0.6 is 0 Å². The summed E-state index contributed by atoms with van der Waals surface area (Å²) >= 11 is 0. The minimum Gasteiger partial charge on any atom is -0.327 e. The lowest BCUT2D eigenvalue weighted by Gasteiger charge is -2.24. The van der Waals surface area contributed by atoms with Gasteiger partial charge in [0, 0.05) is 24.3 Å². The van der Waals surface area contributed by atoms with E-state index in [4.69, 9.17) is 5.10 Å². The van der Waals surface area contributed by atoms with Crippen molar-refractivity contribution in [3.63, 3.8) is 0 Å². The third kappa shape index (κ3) is 5.97. The maximum Gasteiger partial charge on any atom is 0.252 e. The van der Waals surface area contributed by atoms with Crippen molar-refractivity contribution in [2.24, 2.45) is 5.10 Å². The van der Waals surface area contributed by atoms with Gasteiger partial charge in [-0.05, 0) is 49.2 Å². The number of hydrogen-bond donors (Lipinski definition) is 1. The number of aryl methyl sites for hydroxylation is 2. The second-order valence-electron chi connectivity index (χ2n) is 8.87. The number of nitrogens with one attached hydrogen (secondary N) is 1. The van der Waals surface area contributed by atoms with E-state index in [2.05, 4.69) is 11.4 Å². The van der Waals surface area contributed by atoms with Gasteiger partial charge in [0.15, 0.2) is 0 Å². The lowest BCUT2D eigenvalue weighted by atomic mass is 10.0. The van der Waals surface area contributed by atoms with E-state index in [1.807, 2.05) is 97.6 Å². The van der Waals surface area contributed by atoms with E-state index in [-0.39, 0.29) is 24.3 Å². The number of hydrazone groups is 1. The summed E-state index contributed by atoms with van der Waals surface area (Å²) in [5.74, 6) is -0.0794. The normalized spacial score (nSPS) is 14.6. The fourth-order valence-corrected chi connectivity index (χ4v) is 4.25. The Morgan fingerprint density at radius 3 is 2.47 bits per heavy atom. The quantitative estimate of drug-likeness (QED) is 0.463. The van der Waals surface area contributed by atoms with Crippen LogP contribution in [0.5, 0.6) is 0 Å². The summed E-state index contributed by atoms with van der Waals surface area (Å²) in [5.41, 5.74) is 4.68. The van der Waals surface area contributed by atoms with Gasteiger partial charge in [0.25, 0.3) is 5.91 Å². The molecule has 182 valence electrons. The Morgan fingerprint density at radius 2 is 1.78 bits per heavy atom. The SMILES string of the molecule is Cc1ccc(NC(=O)CC(=O)N2N=C(N(CCC#N)c3cccc(C)c3)C[C@H]2c2ccccc2)cc1. The van der Waals surface area contributed by atoms with Crippen LogP contribution in [0, 0.1) is 25.2 Å². The number of amides is 2. The molecule has 0 aliphatic carbocycles. The van der Waals surface area contributed by atoms with Gasteiger partial charge in [-0.2, -0.15) is 10.4 Å². The first-order valence-corrected chi connectivity index (χ1v) is 12.0. The minimum atomic E-state index is -0.390. The smallest absolute Gasteiger partial charge is 0.252 e. The van der Waals surface area contributed by atoms with Crippen molar-refractivity contribution in [3.8, 4) is 6.07 Å². The van der Waals surface area contributed by atoms with E-state index in [1.54, 1.807) is 0 Å². The highest BCUT2D eigenvalue weighted by Crippen LogP contribution is 2.34. The number of carbonyl (C=O) groups excluding carboxylic acids is 2. The lowest BCUT2D eigenvalue weighted by molar-refractivity contribution is -0.136. The Kier molecular flexibility index (Phi) is 7.76. The van der Waals surface area contributed by atoms with Crippen LogP contribution in [0.2, 0.25) is 0 Å². The van der Waals surface area contributed by atoms with Crippen molar-refractivity contribution in [3.05, 3.63) is 95.6 Å². The number of anilines is 2. The van der Waals surface area contributed by atoms with E-state index in [9.17, 15) is 14.9 Å². The molecule has 4 rings (SSSR count). The van der Waals surface area contributed by atoms with Crippen LogP contribution in [0.1, 0.15) is 42.0 Å². The summed E-state index contributed by atoms with van der Waals surface area (Å²) in [7, 11) is 0. The van der Waals surface area contributed by atoms with Gasteiger partial charge in [-0.1, -0.05) is 60.2 Å². The van der Waals surface area contributed by atoms with E-state index in [0.717, 1.165) is 22.4 Å². The molecular formula is C29H29N5O2. The number of hydrogen-bond acceptors (Lipinski definition) is 5. The number of nitrogens with zero attached hydrogens (tertiary/aromatic N) is 4. The zero-order valence-corrected chi connectivity index (χ0v) is 20.5. The first kappa shape index (κ1) is 24.7. The predicted octanol–water partition coefficient (Wildman–Crippen LogP) is 5.34. The maximum atomic E-state index is 13.3. The van der Waals surface area contributed by atoms with Crippen molar-refractivity contribution >= 4 is 29.0 Å². The molecule has 0 saturated carbocycles. The van der Waals surface area contributed by atoms with Gasteiger partial charge in [0.2, 0.25) is 5.91 Å². The van der Waals surface area contributed by atoms with E-state index in [1.165, 1.54) is 5.01 Å². The molecule has 1 aliphatic rings. The Bertz CT molecular complexity index is 1300. The molecule has 36 heavy (non-hydrogen) atoms. The molecule has 2 amide bonds. The Morgan fingerprint density at radius 1 is 1.03 bits per heavy atom. The Labute approximate surface area is 211 Å². The number of carbonyl (C=O) groups is 2. The van der Waals surface area contributed by atoms with Crippen LogP contribution < -0.4 is 10.2 Å². The van der Waals surface area contributed by atoms with Crippen LogP contribution in [0.15, 0.2) is 84.0 Å². The van der Waals surface area contributed by atoms with Crippen LogP contribution in [-0.2, 0) is 9.59 Å². The molecule has 3 aromatic carbocycles. The highest BCUT2D eigenvalue weighted by atomic mass is 16.2. The van der Waals surface area contributed by atoms with Crippen molar-refractivity contribution in [1.29, 1.82) is 5.26 Å². The average Bonchev–Trinajstić information content (AvgIpc) is 3.32. The zero-order chi connectivity index (χ0) is 25.5. The molecule has 7 nitrogen and oxygen atoms in total. The summed E-state index contributed by atoms with van der Waals surface area (Å²) in [6.07, 6.45) is 0.473. The van der Waals surface area contributed by atoms with Gasteiger partial charge in [-0.15, -0.1) is 0 Å². The van der Waals surface area contributed by atoms with Crippen molar-refractivity contribution in [1.82, 2.24) is 5.01 Å². The summed E-state index contributed by atoms with van der Waals surface area (Å²) in [6, 6.07) is 27.0. The molecule has 1 N–H and O–H groups in total. The molecule has 0 saturated heterocycles. The predicted molar refractivity (Wildman–Crippen MR) is 141 cm³/mol. The number of nitriles is 1. The highest BCUT2D eigenvalue weighted by molar-refractivity contribution is 6.06. The van der Waals surface area contributed by atoms with Gasteiger partial charge in [-0.25, -0.2) is 5.01 Å². The summed E-state index contributed by atoms with van der Waals surface area (Å²) in [5, 5.41) is 18.2. The van der Waals surface area contributed by atoms with Crippen molar-refractivity contribution < 1.29 is 9.59 Å². The molecular weight excluding hydrogens is 450 g/mol. The topological polar surface area (TPSA) is 88.8 Å². The molecule has 0 bridgehead atoms. The lowest BCUT2D eigenvalue weighted by Crippen LogP contribution is -2.31. The van der Waals surface area contributed by atoms with E-state index < -0.39 is 0 Å². The van der Waals surface area contributed by atoms with Crippen LogP contribution in [0.4, 0.5) is 11.4 Å². The highest BCUT2D eigenvalue weighted by Gasteiger charge is 2.35. The second kappa shape index (κ2) is 11.3. The summed E-state index contributed by atoms with van der Waals surface area (Å²) < 4.78 is 0. The molecule has 0 aromatic heterocycles. The molecule has 1 atom stereocenters. The van der Waals surface area contributed by atoms with Crippen LogP contribution in [-0.4, -0.2) is 29.2 Å². The first-order chi connectivity index (χ1) is 17.4. The molecule has 0 fully saturated rings. The van der Waals surface area contributed by atoms with Crippen molar-refractivity contribution in [2.45, 2.75) is 39.2 Å². The van der Waals surface area contributed by atoms with Crippen LogP contribution in [0.3, 0.4) is 0 Å². The minimum absolute atomic E-state index is 0.315. The molecule has 1 heterocycles. The fourth-order valence-electron chi connectivity index (χ4n) is 4.25. The standard InChI is InChI=1S/C29H29N5O2/c1-21-12-14-24(15-13-21)31-28(35)20-29(36)34-26(23-9-4-3-5-10-23)19-27(32-34)33(17-7-16-30)25-11-6-8-22(2)18-25/h3-6,8-15,18,26H,7,17,19-20H2,1-2H3,(H,31,35)/t26-/m0/s1. The maximum absolute atomic E-state index is 13.3. The van der Waals surface area contributed by atoms with Crippen LogP contribution in [0.25, 0.3) is 0 Å². The molecule has 1 aliphatic heterocycles. The molecule has 0 unspecified atom stereocenters. The Hall–Kier alpha value is -4.44. The van der Waals surface area contributed by atoms with E-state index >= 15 is 0 Å². The third-order valence-electron chi connectivity index (χ3n) is 6.05. The molecule has 7 heteroatoms. The van der Waals surface area contributed by atoms with Gasteiger partial charge in [0.05, 0.1) is 18.5 Å². The number of benzene rings is 3. The van der Waals surface area contributed by atoms with E-state index in [0.29, 0.717) is 30.9 Å². The van der Waals surface area contributed by atoms with Crippen molar-refractivity contribution in [2.75, 3.05) is 16.8 Å². The zero-order valence-electron chi connectivity index (χ0n) is 20.5. The van der Waals surface area contributed by atoms with Gasteiger partial charge in [-0.3, -0.25) is 9.59 Å². The number of amidine groups is 1. The largest absolute Gasteiger partial charge is 0.327 e. The first-order valence-electron chi connectivity index (χ1n) is 12.0. The average molecular weight is 480 g/mol. The fraction of sp³-hybridized carbons (Fsp3) is 0.241.